The van der Waals surface area contributed by atoms with Gasteiger partial charge in [-0.15, -0.1) is 0 Å². The van der Waals surface area contributed by atoms with Crippen LogP contribution < -0.4 is 10.5 Å². The summed E-state index contributed by atoms with van der Waals surface area (Å²) in [6.45, 7) is 0. The van der Waals surface area contributed by atoms with Crippen molar-refractivity contribution in [3.05, 3.63) is 34.9 Å². The summed E-state index contributed by atoms with van der Waals surface area (Å²) in [5.74, 6) is 0.543. The van der Waals surface area contributed by atoms with Crippen molar-refractivity contribution >= 4 is 12.0 Å². The fourth-order valence-corrected chi connectivity index (χ4v) is 2.38. The van der Waals surface area contributed by atoms with Crippen LogP contribution in [0.4, 0.5) is 0 Å². The molecule has 0 unspecified atom stereocenters. The molecule has 0 spiro atoms. The van der Waals surface area contributed by atoms with Crippen molar-refractivity contribution in [1.82, 2.24) is 0 Å². The van der Waals surface area contributed by atoms with Crippen LogP contribution in [0.2, 0.25) is 0 Å². The van der Waals surface area contributed by atoms with Gasteiger partial charge >= 0.3 is 0 Å². The largest absolute Gasteiger partial charge is 0.496 e. The van der Waals surface area contributed by atoms with Gasteiger partial charge in [0.15, 0.2) is 0 Å². The minimum atomic E-state index is -0.412. The van der Waals surface area contributed by atoms with Gasteiger partial charge in [-0.05, 0) is 54.5 Å². The molecule has 3 heteroatoms. The van der Waals surface area contributed by atoms with Crippen LogP contribution in [0, 0.1) is 0 Å². The molecule has 90 valence electrons. The summed E-state index contributed by atoms with van der Waals surface area (Å²) in [5, 5.41) is 0. The first-order chi connectivity index (χ1) is 8.22. The van der Waals surface area contributed by atoms with Crippen molar-refractivity contribution in [3.63, 3.8) is 0 Å². The maximum atomic E-state index is 10.8. The first-order valence-electron chi connectivity index (χ1n) is 5.88. The van der Waals surface area contributed by atoms with E-state index in [0.29, 0.717) is 0 Å². The van der Waals surface area contributed by atoms with E-state index in [-0.39, 0.29) is 0 Å². The maximum absolute atomic E-state index is 10.8. The predicted molar refractivity (Wildman–Crippen MR) is 67.9 cm³/mol. The summed E-state index contributed by atoms with van der Waals surface area (Å²) in [6, 6.07) is 3.95. The number of carbonyl (C=O) groups is 1. The Hall–Kier alpha value is -1.77. The van der Waals surface area contributed by atoms with E-state index in [1.807, 2.05) is 12.1 Å². The molecule has 0 bridgehead atoms. The van der Waals surface area contributed by atoms with Crippen LogP contribution in [-0.4, -0.2) is 13.0 Å². The van der Waals surface area contributed by atoms with Crippen molar-refractivity contribution in [2.24, 2.45) is 5.73 Å². The van der Waals surface area contributed by atoms with E-state index in [2.05, 4.69) is 0 Å². The first-order valence-corrected chi connectivity index (χ1v) is 5.88. The van der Waals surface area contributed by atoms with Crippen molar-refractivity contribution < 1.29 is 9.53 Å². The predicted octanol–water partition coefficient (Wildman–Crippen LogP) is 2.07. The quantitative estimate of drug-likeness (QED) is 0.810. The summed E-state index contributed by atoms with van der Waals surface area (Å²) < 4.78 is 5.38. The Kier molecular flexibility index (Phi) is 3.47. The molecule has 2 N–H and O–H groups in total. The third-order valence-corrected chi connectivity index (χ3v) is 3.18. The number of hydrogen-bond acceptors (Lipinski definition) is 2. The smallest absolute Gasteiger partial charge is 0.241 e. The minimum Gasteiger partial charge on any atom is -0.496 e. The lowest BCUT2D eigenvalue weighted by molar-refractivity contribution is -0.113. The number of nitrogens with two attached hydrogens (primary N) is 1. The van der Waals surface area contributed by atoms with E-state index in [4.69, 9.17) is 10.5 Å². The van der Waals surface area contributed by atoms with Crippen LogP contribution in [0.5, 0.6) is 5.75 Å². The van der Waals surface area contributed by atoms with Gasteiger partial charge in [0.05, 0.1) is 7.11 Å². The lowest BCUT2D eigenvalue weighted by Crippen LogP contribution is -2.08. The van der Waals surface area contributed by atoms with Crippen LogP contribution >= 0.6 is 0 Å². The molecule has 0 heterocycles. The van der Waals surface area contributed by atoms with Gasteiger partial charge < -0.3 is 10.5 Å². The maximum Gasteiger partial charge on any atom is 0.241 e. The van der Waals surface area contributed by atoms with E-state index in [1.165, 1.54) is 30.0 Å². The molecule has 0 radical (unpaired) electrons. The Bertz CT molecular complexity index is 464. The molecule has 0 saturated heterocycles. The van der Waals surface area contributed by atoms with Crippen molar-refractivity contribution in [2.75, 3.05) is 7.11 Å². The summed E-state index contributed by atoms with van der Waals surface area (Å²) in [4.78, 5) is 10.8. The lowest BCUT2D eigenvalue weighted by atomic mass is 9.87. The van der Waals surface area contributed by atoms with Crippen LogP contribution in [0.3, 0.4) is 0 Å². The standard InChI is InChI=1S/C14H17NO2/c1-17-13-8-6-10(7-9-14(15)16)11-4-2-3-5-12(11)13/h6-9H,2-5H2,1H3,(H2,15,16)/b9-7+. The Morgan fingerprint density at radius 1 is 1.29 bits per heavy atom. The van der Waals surface area contributed by atoms with Crippen LogP contribution in [0.15, 0.2) is 18.2 Å². The number of benzene rings is 1. The SMILES string of the molecule is COc1ccc(/C=C/C(N)=O)c2c1CCCC2. The summed E-state index contributed by atoms with van der Waals surface area (Å²) in [5.41, 5.74) is 8.79. The Balaban J connectivity index is 2.44. The number of hydrogen-bond donors (Lipinski definition) is 1. The first kappa shape index (κ1) is 11.7. The number of carbonyl (C=O) groups excluding carboxylic acids is 1. The zero-order valence-corrected chi connectivity index (χ0v) is 10.0. The van der Waals surface area contributed by atoms with Crippen molar-refractivity contribution in [1.29, 1.82) is 0 Å². The van der Waals surface area contributed by atoms with E-state index in [0.717, 1.165) is 24.2 Å². The third kappa shape index (κ3) is 2.49. The van der Waals surface area contributed by atoms with E-state index < -0.39 is 5.91 Å². The molecule has 1 amide bonds. The molecule has 1 aliphatic rings. The Morgan fingerprint density at radius 2 is 2.00 bits per heavy atom. The van der Waals surface area contributed by atoms with Crippen molar-refractivity contribution in [2.45, 2.75) is 25.7 Å². The Morgan fingerprint density at radius 3 is 2.65 bits per heavy atom. The van der Waals surface area contributed by atoms with Crippen molar-refractivity contribution in [3.8, 4) is 5.75 Å². The van der Waals surface area contributed by atoms with E-state index in [9.17, 15) is 4.79 Å². The average Bonchev–Trinajstić information content (AvgIpc) is 2.35. The Labute approximate surface area is 101 Å². The molecule has 1 aliphatic carbocycles. The fraction of sp³-hybridized carbons (Fsp3) is 0.357. The summed E-state index contributed by atoms with van der Waals surface area (Å²) >= 11 is 0. The van der Waals surface area contributed by atoms with Crippen LogP contribution in [-0.2, 0) is 17.6 Å². The number of ether oxygens (including phenoxy) is 1. The second-order valence-corrected chi connectivity index (χ2v) is 4.26. The number of rotatable bonds is 3. The molecule has 3 nitrogen and oxygen atoms in total. The number of primary amides is 1. The molecule has 0 saturated carbocycles. The van der Waals surface area contributed by atoms with Gasteiger partial charge in [0, 0.05) is 6.08 Å². The molecule has 2 rings (SSSR count). The van der Waals surface area contributed by atoms with Gasteiger partial charge in [-0.2, -0.15) is 0 Å². The highest BCUT2D eigenvalue weighted by molar-refractivity contribution is 5.90. The van der Waals surface area contributed by atoms with Gasteiger partial charge in [-0.1, -0.05) is 6.07 Å². The number of fused-ring (bicyclic) bond motifs is 1. The summed E-state index contributed by atoms with van der Waals surface area (Å²) in [6.07, 6.45) is 7.70. The van der Waals surface area contributed by atoms with Gasteiger partial charge in [-0.3, -0.25) is 4.79 Å². The molecular formula is C14H17NO2. The van der Waals surface area contributed by atoms with Crippen LogP contribution in [0.25, 0.3) is 6.08 Å². The topological polar surface area (TPSA) is 52.3 Å². The lowest BCUT2D eigenvalue weighted by Gasteiger charge is -2.20. The molecule has 0 fully saturated rings. The van der Waals surface area contributed by atoms with Crippen LogP contribution in [0.1, 0.15) is 29.5 Å². The zero-order chi connectivity index (χ0) is 12.3. The molecule has 1 aromatic carbocycles. The summed E-state index contributed by atoms with van der Waals surface area (Å²) in [7, 11) is 1.70. The van der Waals surface area contributed by atoms with E-state index in [1.54, 1.807) is 13.2 Å². The average molecular weight is 231 g/mol. The van der Waals surface area contributed by atoms with Gasteiger partial charge in [-0.25, -0.2) is 0 Å². The second kappa shape index (κ2) is 5.04. The minimum absolute atomic E-state index is 0.412. The van der Waals surface area contributed by atoms with Gasteiger partial charge in [0.25, 0.3) is 0 Å². The second-order valence-electron chi connectivity index (χ2n) is 4.26. The monoisotopic (exact) mass is 231 g/mol. The number of methoxy groups -OCH3 is 1. The molecule has 1 aromatic rings. The molecule has 0 aliphatic heterocycles. The van der Waals surface area contributed by atoms with Gasteiger partial charge in [0.2, 0.25) is 5.91 Å². The molecule has 0 atom stereocenters. The highest BCUT2D eigenvalue weighted by Crippen LogP contribution is 2.32. The highest BCUT2D eigenvalue weighted by Gasteiger charge is 2.16. The molecule has 17 heavy (non-hydrogen) atoms. The van der Waals surface area contributed by atoms with E-state index >= 15 is 0 Å². The molecular weight excluding hydrogens is 214 g/mol. The van der Waals surface area contributed by atoms with Gasteiger partial charge in [0.1, 0.15) is 5.75 Å². The zero-order valence-electron chi connectivity index (χ0n) is 10.0. The highest BCUT2D eigenvalue weighted by atomic mass is 16.5. The normalized spacial score (nSPS) is 14.6. The number of amides is 1. The molecule has 0 aromatic heterocycles. The fourth-order valence-electron chi connectivity index (χ4n) is 2.38. The third-order valence-electron chi connectivity index (χ3n) is 3.18.